The Bertz CT molecular complexity index is 484. The van der Waals surface area contributed by atoms with Gasteiger partial charge in [0.2, 0.25) is 0 Å². The molecule has 18 heavy (non-hydrogen) atoms. The molecule has 0 unspecified atom stereocenters. The lowest BCUT2D eigenvalue weighted by Crippen LogP contribution is -2.38. The molecule has 1 aromatic rings. The van der Waals surface area contributed by atoms with Gasteiger partial charge in [-0.25, -0.2) is 0 Å². The molecule has 0 radical (unpaired) electrons. The Kier molecular flexibility index (Phi) is 4.68. The van der Waals surface area contributed by atoms with Crippen molar-refractivity contribution in [1.29, 1.82) is 0 Å². The van der Waals surface area contributed by atoms with Gasteiger partial charge in [-0.1, -0.05) is 24.0 Å². The number of amides is 1. The lowest BCUT2D eigenvalue weighted by molar-refractivity contribution is 0.0772. The van der Waals surface area contributed by atoms with E-state index in [1.165, 1.54) is 0 Å². The van der Waals surface area contributed by atoms with Gasteiger partial charge in [-0.2, -0.15) is 11.8 Å². The lowest BCUT2D eigenvalue weighted by Gasteiger charge is -2.26. The topological polar surface area (TPSA) is 46.3 Å². The number of rotatable bonds is 1. The summed E-state index contributed by atoms with van der Waals surface area (Å²) in [6.07, 6.45) is 0. The molecule has 1 aliphatic heterocycles. The summed E-state index contributed by atoms with van der Waals surface area (Å²) >= 11 is 1.89. The second-order valence-corrected chi connectivity index (χ2v) is 5.18. The van der Waals surface area contributed by atoms with Crippen LogP contribution >= 0.6 is 11.8 Å². The van der Waals surface area contributed by atoms with E-state index in [2.05, 4.69) is 11.8 Å². The van der Waals surface area contributed by atoms with Gasteiger partial charge in [0.15, 0.2) is 0 Å². The Labute approximate surface area is 112 Å². The summed E-state index contributed by atoms with van der Waals surface area (Å²) in [6.45, 7) is 1.95. The third-order valence-corrected chi connectivity index (χ3v) is 3.72. The fourth-order valence-electron chi connectivity index (χ4n) is 1.86. The highest BCUT2D eigenvalue weighted by Gasteiger charge is 2.19. The van der Waals surface area contributed by atoms with Crippen LogP contribution in [0.15, 0.2) is 24.3 Å². The molecule has 1 heterocycles. The fourth-order valence-corrected chi connectivity index (χ4v) is 2.76. The molecule has 0 spiro atoms. The molecule has 0 bridgehead atoms. The van der Waals surface area contributed by atoms with Crippen LogP contribution in [0.25, 0.3) is 0 Å². The number of nitrogens with zero attached hydrogens (tertiary/aromatic N) is 1. The van der Waals surface area contributed by atoms with Crippen LogP contribution < -0.4 is 5.73 Å². The highest BCUT2D eigenvalue weighted by atomic mass is 32.2. The first-order chi connectivity index (χ1) is 8.83. The molecule has 1 aromatic carbocycles. The fraction of sp³-hybridized carbons (Fsp3) is 0.357. The predicted octanol–water partition coefficient (Wildman–Crippen LogP) is 1.19. The second kappa shape index (κ2) is 6.48. The predicted molar refractivity (Wildman–Crippen MR) is 75.6 cm³/mol. The minimum absolute atomic E-state index is 0.0808. The average Bonchev–Trinajstić information content (AvgIpc) is 2.45. The first-order valence-electron chi connectivity index (χ1n) is 5.98. The first kappa shape index (κ1) is 13.0. The molecular weight excluding hydrogens is 244 g/mol. The standard InChI is InChI=1S/C14H16N2OS/c15-7-3-5-12-4-1-2-6-13(12)14(17)16-8-10-18-11-9-16/h1-2,4,6H,7-11,15H2. The zero-order valence-electron chi connectivity index (χ0n) is 10.2. The summed E-state index contributed by atoms with van der Waals surface area (Å²) < 4.78 is 0. The van der Waals surface area contributed by atoms with Crippen molar-refractivity contribution in [3.8, 4) is 11.8 Å². The van der Waals surface area contributed by atoms with E-state index in [4.69, 9.17) is 5.73 Å². The molecule has 1 saturated heterocycles. The molecule has 94 valence electrons. The van der Waals surface area contributed by atoms with Crippen LogP contribution in [0, 0.1) is 11.8 Å². The molecule has 2 N–H and O–H groups in total. The van der Waals surface area contributed by atoms with Crippen molar-refractivity contribution in [3.05, 3.63) is 35.4 Å². The Balaban J connectivity index is 2.23. The van der Waals surface area contributed by atoms with Gasteiger partial charge in [0.25, 0.3) is 5.91 Å². The summed E-state index contributed by atoms with van der Waals surface area (Å²) in [4.78, 5) is 14.3. The smallest absolute Gasteiger partial charge is 0.255 e. The summed E-state index contributed by atoms with van der Waals surface area (Å²) in [5.41, 5.74) is 6.83. The number of carbonyl (C=O) groups is 1. The highest BCUT2D eigenvalue weighted by Crippen LogP contribution is 2.15. The van der Waals surface area contributed by atoms with Crippen molar-refractivity contribution >= 4 is 17.7 Å². The Morgan fingerprint density at radius 2 is 2.06 bits per heavy atom. The number of hydrogen-bond acceptors (Lipinski definition) is 3. The maximum Gasteiger partial charge on any atom is 0.255 e. The van der Waals surface area contributed by atoms with Gasteiger partial charge < -0.3 is 10.6 Å². The molecule has 3 nitrogen and oxygen atoms in total. The number of thioether (sulfide) groups is 1. The molecule has 1 amide bonds. The molecule has 2 rings (SSSR count). The molecule has 0 atom stereocenters. The van der Waals surface area contributed by atoms with E-state index >= 15 is 0 Å². The van der Waals surface area contributed by atoms with E-state index in [9.17, 15) is 4.79 Å². The molecule has 0 aromatic heterocycles. The summed E-state index contributed by atoms with van der Waals surface area (Å²) in [5.74, 6) is 7.88. The molecule has 1 fully saturated rings. The average molecular weight is 260 g/mol. The normalized spacial score (nSPS) is 14.8. The molecule has 0 saturated carbocycles. The van der Waals surface area contributed by atoms with Gasteiger partial charge in [-0.05, 0) is 12.1 Å². The van der Waals surface area contributed by atoms with Crippen LogP contribution in [-0.2, 0) is 0 Å². The monoisotopic (exact) mass is 260 g/mol. The van der Waals surface area contributed by atoms with Crippen molar-refractivity contribution < 1.29 is 4.79 Å². The highest BCUT2D eigenvalue weighted by molar-refractivity contribution is 7.99. The summed E-state index contributed by atoms with van der Waals surface area (Å²) in [7, 11) is 0. The van der Waals surface area contributed by atoms with Crippen molar-refractivity contribution in [2.75, 3.05) is 31.1 Å². The van der Waals surface area contributed by atoms with Crippen LogP contribution in [0.5, 0.6) is 0 Å². The van der Waals surface area contributed by atoms with Gasteiger partial charge in [0.05, 0.1) is 12.1 Å². The Hall–Kier alpha value is -1.44. The zero-order valence-corrected chi connectivity index (χ0v) is 11.0. The number of carbonyl (C=O) groups excluding carboxylic acids is 1. The van der Waals surface area contributed by atoms with Crippen molar-refractivity contribution in [2.24, 2.45) is 5.73 Å². The second-order valence-electron chi connectivity index (χ2n) is 3.96. The Morgan fingerprint density at radius 3 is 2.78 bits per heavy atom. The van der Waals surface area contributed by atoms with Gasteiger partial charge >= 0.3 is 0 Å². The van der Waals surface area contributed by atoms with Crippen LogP contribution in [-0.4, -0.2) is 41.9 Å². The van der Waals surface area contributed by atoms with Gasteiger partial charge in [0.1, 0.15) is 0 Å². The van der Waals surface area contributed by atoms with E-state index in [0.717, 1.165) is 30.2 Å². The van der Waals surface area contributed by atoms with Crippen LogP contribution in [0.4, 0.5) is 0 Å². The number of benzene rings is 1. The first-order valence-corrected chi connectivity index (χ1v) is 7.13. The van der Waals surface area contributed by atoms with Gasteiger partial charge in [-0.3, -0.25) is 4.79 Å². The van der Waals surface area contributed by atoms with E-state index in [1.807, 2.05) is 40.9 Å². The third-order valence-electron chi connectivity index (χ3n) is 2.78. The van der Waals surface area contributed by atoms with Crippen LogP contribution in [0.1, 0.15) is 15.9 Å². The molecular formula is C14H16N2OS. The summed E-state index contributed by atoms with van der Waals surface area (Å²) in [6, 6.07) is 7.47. The minimum atomic E-state index is 0.0808. The number of nitrogens with two attached hydrogens (primary N) is 1. The Morgan fingerprint density at radius 1 is 1.33 bits per heavy atom. The van der Waals surface area contributed by atoms with Crippen molar-refractivity contribution in [3.63, 3.8) is 0 Å². The van der Waals surface area contributed by atoms with E-state index in [0.29, 0.717) is 12.1 Å². The van der Waals surface area contributed by atoms with Crippen molar-refractivity contribution in [2.45, 2.75) is 0 Å². The molecule has 1 aliphatic rings. The lowest BCUT2D eigenvalue weighted by atomic mass is 10.1. The van der Waals surface area contributed by atoms with E-state index in [1.54, 1.807) is 0 Å². The maximum atomic E-state index is 12.4. The van der Waals surface area contributed by atoms with Crippen LogP contribution in [0.2, 0.25) is 0 Å². The molecule has 4 heteroatoms. The quantitative estimate of drug-likeness (QED) is 0.771. The van der Waals surface area contributed by atoms with E-state index in [-0.39, 0.29) is 5.91 Å². The van der Waals surface area contributed by atoms with Crippen molar-refractivity contribution in [1.82, 2.24) is 4.90 Å². The minimum Gasteiger partial charge on any atom is -0.337 e. The van der Waals surface area contributed by atoms with Crippen LogP contribution in [0.3, 0.4) is 0 Å². The summed E-state index contributed by atoms with van der Waals surface area (Å²) in [5, 5.41) is 0. The third kappa shape index (κ3) is 3.06. The van der Waals surface area contributed by atoms with E-state index < -0.39 is 0 Å². The largest absolute Gasteiger partial charge is 0.337 e. The van der Waals surface area contributed by atoms with Gasteiger partial charge in [-0.15, -0.1) is 0 Å². The molecule has 0 aliphatic carbocycles. The number of hydrogen-bond donors (Lipinski definition) is 1. The SMILES string of the molecule is NCC#Cc1ccccc1C(=O)N1CCSCC1. The maximum absolute atomic E-state index is 12.4. The van der Waals surface area contributed by atoms with Gasteiger partial charge in [0, 0.05) is 30.2 Å². The zero-order chi connectivity index (χ0) is 12.8.